The number of carboxylic acids is 1. The number of aromatic carboxylic acids is 1. The number of nitrogens with zero attached hydrogens (tertiary/aromatic N) is 10. The summed E-state index contributed by atoms with van der Waals surface area (Å²) in [5.74, 6) is -3.51. The minimum absolute atomic E-state index is 0.0235. The zero-order valence-electron chi connectivity index (χ0n) is 32.5. The number of benzene rings is 2. The quantitative estimate of drug-likeness (QED) is 0.0941. The van der Waals surface area contributed by atoms with Crippen LogP contribution in [0.3, 0.4) is 0 Å². The first kappa shape index (κ1) is 45.9. The van der Waals surface area contributed by atoms with Crippen LogP contribution in [-0.2, 0) is 12.4 Å². The Bertz CT molecular complexity index is 2920. The number of hydrogen-bond acceptors (Lipinski definition) is 12. The van der Waals surface area contributed by atoms with E-state index in [1.807, 2.05) is 0 Å². The maximum atomic E-state index is 13.4. The van der Waals surface area contributed by atoms with E-state index in [0.29, 0.717) is 16.9 Å². The Morgan fingerprint density at radius 1 is 0.606 bits per heavy atom. The molecule has 1 amide bonds. The highest BCUT2D eigenvalue weighted by Crippen LogP contribution is 2.33. The van der Waals surface area contributed by atoms with Gasteiger partial charge >= 0.3 is 18.3 Å². The summed E-state index contributed by atoms with van der Waals surface area (Å²) in [6, 6.07) is 14.7. The van der Waals surface area contributed by atoms with Crippen molar-refractivity contribution >= 4 is 58.3 Å². The van der Waals surface area contributed by atoms with Gasteiger partial charge in [0.15, 0.2) is 23.0 Å². The molecular weight excluding hydrogens is 933 g/mol. The van der Waals surface area contributed by atoms with Gasteiger partial charge in [-0.25, -0.2) is 37.9 Å². The molecule has 0 bridgehead atoms. The number of alkyl halides is 6. The van der Waals surface area contributed by atoms with Crippen molar-refractivity contribution in [3.05, 3.63) is 154 Å². The Hall–Kier alpha value is -8.12. The Morgan fingerprint density at radius 3 is 1.41 bits per heavy atom. The number of nitrogens with one attached hydrogen (secondary N) is 2. The topological polar surface area (TPSA) is 217 Å². The number of primary amides is 1. The Balaban J connectivity index is 0.000000196. The number of halogens is 10. The summed E-state index contributed by atoms with van der Waals surface area (Å²) in [5.41, 5.74) is 4.44. The van der Waals surface area contributed by atoms with Crippen molar-refractivity contribution in [2.24, 2.45) is 5.73 Å². The fourth-order valence-corrected chi connectivity index (χ4v) is 6.02. The van der Waals surface area contributed by atoms with Crippen LogP contribution < -0.4 is 16.4 Å². The molecule has 26 heteroatoms. The van der Waals surface area contributed by atoms with Gasteiger partial charge in [0.1, 0.15) is 23.0 Å². The molecular formula is C40H23Cl2F8N13O3. The van der Waals surface area contributed by atoms with Crippen molar-refractivity contribution in [3.8, 4) is 33.9 Å². The molecule has 0 spiro atoms. The molecule has 16 nitrogen and oxygen atoms in total. The third-order valence-electron chi connectivity index (χ3n) is 8.70. The van der Waals surface area contributed by atoms with E-state index in [9.17, 15) is 49.8 Å². The van der Waals surface area contributed by atoms with Crippen LogP contribution in [0.2, 0.25) is 10.0 Å². The summed E-state index contributed by atoms with van der Waals surface area (Å²) in [7, 11) is 0. The average molecular weight is 957 g/mol. The smallest absolute Gasteiger partial charge is 0.435 e. The summed E-state index contributed by atoms with van der Waals surface area (Å²) in [6.07, 6.45) is -2.04. The molecule has 0 saturated carbocycles. The summed E-state index contributed by atoms with van der Waals surface area (Å²) >= 11 is 11.5. The van der Waals surface area contributed by atoms with Gasteiger partial charge in [-0.05, 0) is 83.9 Å². The van der Waals surface area contributed by atoms with Gasteiger partial charge in [-0.15, -0.1) is 0 Å². The van der Waals surface area contributed by atoms with Gasteiger partial charge in [0.2, 0.25) is 11.9 Å². The highest BCUT2D eigenvalue weighted by molar-refractivity contribution is 6.31. The van der Waals surface area contributed by atoms with Gasteiger partial charge in [0.25, 0.3) is 5.91 Å². The van der Waals surface area contributed by atoms with Crippen LogP contribution in [0.15, 0.2) is 110 Å². The lowest BCUT2D eigenvalue weighted by molar-refractivity contribution is -0.142. The molecule has 0 aliphatic carbocycles. The molecule has 0 fully saturated rings. The highest BCUT2D eigenvalue weighted by atomic mass is 35.5. The van der Waals surface area contributed by atoms with Crippen LogP contribution >= 0.6 is 23.2 Å². The van der Waals surface area contributed by atoms with E-state index in [1.54, 1.807) is 0 Å². The maximum absolute atomic E-state index is 13.4. The summed E-state index contributed by atoms with van der Waals surface area (Å²) in [4.78, 5) is 47.2. The van der Waals surface area contributed by atoms with Crippen molar-refractivity contribution in [1.82, 2.24) is 49.5 Å². The fraction of sp³-hybridized carbons (Fsp3) is 0.0500. The van der Waals surface area contributed by atoms with E-state index in [0.717, 1.165) is 46.0 Å². The summed E-state index contributed by atoms with van der Waals surface area (Å²) in [5, 5.41) is 21.6. The minimum atomic E-state index is -4.68. The van der Waals surface area contributed by atoms with Gasteiger partial charge in [0, 0.05) is 59.7 Å². The lowest BCUT2D eigenvalue weighted by atomic mass is 10.1. The molecule has 0 unspecified atom stereocenters. The molecule has 0 atom stereocenters. The SMILES string of the molecule is NC(=O)c1cc(-c2cnc(Nc3ccc(F)c(Cl)c3)nc2-n2ccc(C(F)(F)F)n2)ccn1.O=C(O)c1cc(-c2cnc(Nc3ccc(F)c(Cl)c3)nc2-n2ccc(C(F)(F)F)n2)ccn1. The van der Waals surface area contributed by atoms with Gasteiger partial charge in [-0.3, -0.25) is 9.78 Å². The first-order chi connectivity index (χ1) is 31.2. The van der Waals surface area contributed by atoms with E-state index < -0.39 is 47.3 Å². The van der Waals surface area contributed by atoms with E-state index in [2.05, 4.69) is 50.7 Å². The second kappa shape index (κ2) is 18.5. The lowest BCUT2D eigenvalue weighted by Crippen LogP contribution is -2.13. The zero-order chi connectivity index (χ0) is 47.5. The molecule has 66 heavy (non-hydrogen) atoms. The third kappa shape index (κ3) is 10.6. The molecule has 336 valence electrons. The molecule has 8 aromatic rings. The normalized spacial score (nSPS) is 11.4. The van der Waals surface area contributed by atoms with E-state index in [4.69, 9.17) is 28.9 Å². The number of carboxylic acid groups (broad SMARTS) is 1. The molecule has 8 rings (SSSR count). The average Bonchev–Trinajstić information content (AvgIpc) is 3.99. The van der Waals surface area contributed by atoms with Gasteiger partial charge in [0.05, 0.1) is 10.0 Å². The molecule has 5 N–H and O–H groups in total. The van der Waals surface area contributed by atoms with Gasteiger partial charge in [-0.2, -0.15) is 46.5 Å². The number of anilines is 4. The predicted molar refractivity (Wildman–Crippen MR) is 220 cm³/mol. The van der Waals surface area contributed by atoms with Crippen LogP contribution in [0.5, 0.6) is 0 Å². The predicted octanol–water partition coefficient (Wildman–Crippen LogP) is 9.36. The van der Waals surface area contributed by atoms with Crippen LogP contribution in [-0.4, -0.2) is 66.4 Å². The number of hydrogen-bond donors (Lipinski definition) is 4. The van der Waals surface area contributed by atoms with Crippen molar-refractivity contribution in [3.63, 3.8) is 0 Å². The number of carbonyl (C=O) groups is 2. The second-order valence-corrected chi connectivity index (χ2v) is 14.0. The number of nitrogens with two attached hydrogens (primary N) is 1. The second-order valence-electron chi connectivity index (χ2n) is 13.2. The molecule has 0 radical (unpaired) electrons. The standard InChI is InChI=1S/C20H12ClF4N7O.C20H11ClF4N6O2/c21-13-8-11(1-2-14(13)22)29-19-28-9-12(10-3-5-27-15(7-10)17(26)33)18(30-19)32-6-4-16(31-32)20(23,24)25;21-13-8-11(1-2-14(13)22)28-19-27-9-12(10-3-5-26-15(7-10)18(32)33)17(29-19)31-6-4-16(30-31)20(23,24)25/h1-9H,(H2,26,33)(H,28,29,30);1-9H,(H,32,33)(H,27,28,29). The molecule has 6 heterocycles. The van der Waals surface area contributed by atoms with Crippen LogP contribution in [0, 0.1) is 11.6 Å². The highest BCUT2D eigenvalue weighted by Gasteiger charge is 2.35. The van der Waals surface area contributed by atoms with Gasteiger partial charge in [-0.1, -0.05) is 23.2 Å². The summed E-state index contributed by atoms with van der Waals surface area (Å²) in [6.45, 7) is 0. The van der Waals surface area contributed by atoms with E-state index >= 15 is 0 Å². The van der Waals surface area contributed by atoms with Crippen LogP contribution in [0.25, 0.3) is 33.9 Å². The van der Waals surface area contributed by atoms with Crippen LogP contribution in [0.4, 0.5) is 58.4 Å². The van der Waals surface area contributed by atoms with E-state index in [1.165, 1.54) is 73.3 Å². The maximum Gasteiger partial charge on any atom is 0.435 e. The number of pyridine rings is 2. The third-order valence-corrected chi connectivity index (χ3v) is 9.27. The Kier molecular flexibility index (Phi) is 12.9. The number of carbonyl (C=O) groups excluding carboxylic acids is 1. The zero-order valence-corrected chi connectivity index (χ0v) is 34.0. The van der Waals surface area contributed by atoms with Crippen molar-refractivity contribution in [2.75, 3.05) is 10.6 Å². The van der Waals surface area contributed by atoms with Crippen molar-refractivity contribution < 1.29 is 49.8 Å². The first-order valence-electron chi connectivity index (χ1n) is 18.1. The largest absolute Gasteiger partial charge is 0.477 e. The van der Waals surface area contributed by atoms with Crippen molar-refractivity contribution in [2.45, 2.75) is 12.4 Å². The molecule has 0 saturated heterocycles. The fourth-order valence-electron chi connectivity index (χ4n) is 5.66. The Morgan fingerprint density at radius 2 is 1.03 bits per heavy atom. The molecule has 2 aromatic carbocycles. The molecule has 0 aliphatic rings. The van der Waals surface area contributed by atoms with E-state index in [-0.39, 0.29) is 61.7 Å². The minimum Gasteiger partial charge on any atom is -0.477 e. The molecule has 6 aromatic heterocycles. The summed E-state index contributed by atoms with van der Waals surface area (Å²) < 4.78 is 107. The Labute approximate surface area is 373 Å². The lowest BCUT2D eigenvalue weighted by Gasteiger charge is -2.12. The first-order valence-corrected chi connectivity index (χ1v) is 18.9. The monoisotopic (exact) mass is 955 g/mol. The van der Waals surface area contributed by atoms with Gasteiger partial charge < -0.3 is 21.5 Å². The van der Waals surface area contributed by atoms with Crippen LogP contribution in [0.1, 0.15) is 32.4 Å². The van der Waals surface area contributed by atoms with Crippen molar-refractivity contribution in [1.29, 1.82) is 0 Å². The number of amides is 1. The molecule has 0 aliphatic heterocycles. The number of aromatic nitrogens is 10. The number of rotatable bonds is 10.